The number of hydrogen-bond acceptors (Lipinski definition) is 5. The number of imide groups is 1. The molecule has 1 aliphatic rings. The highest BCUT2D eigenvalue weighted by atomic mass is 16.3. The van der Waals surface area contributed by atoms with Gasteiger partial charge in [0.1, 0.15) is 12.1 Å². The highest BCUT2D eigenvalue weighted by Crippen LogP contribution is 2.25. The SMILES string of the molecule is CC(C)c1nc2ccc(NC(=O)CN3C(=O)c4ccccc4C3=O)cc2o1. The zero-order valence-electron chi connectivity index (χ0n) is 14.9. The van der Waals surface area contributed by atoms with E-state index in [1.807, 2.05) is 13.8 Å². The number of fused-ring (bicyclic) bond motifs is 2. The lowest BCUT2D eigenvalue weighted by Crippen LogP contribution is -2.37. The Morgan fingerprint density at radius 2 is 1.78 bits per heavy atom. The Kier molecular flexibility index (Phi) is 3.99. The molecule has 2 heterocycles. The fraction of sp³-hybridized carbons (Fsp3) is 0.200. The maximum absolute atomic E-state index is 12.4. The first-order chi connectivity index (χ1) is 12.9. The fourth-order valence-corrected chi connectivity index (χ4v) is 2.99. The smallest absolute Gasteiger partial charge is 0.262 e. The molecule has 7 heteroatoms. The molecule has 0 fully saturated rings. The molecule has 27 heavy (non-hydrogen) atoms. The molecule has 0 radical (unpaired) electrons. The van der Waals surface area contributed by atoms with Crippen LogP contribution >= 0.6 is 0 Å². The fourth-order valence-electron chi connectivity index (χ4n) is 2.99. The van der Waals surface area contributed by atoms with E-state index in [1.54, 1.807) is 42.5 Å². The summed E-state index contributed by atoms with van der Waals surface area (Å²) in [6, 6.07) is 11.7. The molecule has 3 aromatic rings. The second-order valence-electron chi connectivity index (χ2n) is 6.68. The number of aromatic nitrogens is 1. The van der Waals surface area contributed by atoms with Crippen molar-refractivity contribution in [2.24, 2.45) is 0 Å². The topological polar surface area (TPSA) is 92.5 Å². The third-order valence-electron chi connectivity index (χ3n) is 4.36. The van der Waals surface area contributed by atoms with Gasteiger partial charge in [0.05, 0.1) is 11.1 Å². The van der Waals surface area contributed by atoms with Crippen LogP contribution in [0.2, 0.25) is 0 Å². The van der Waals surface area contributed by atoms with Gasteiger partial charge in [-0.2, -0.15) is 0 Å². The third-order valence-corrected chi connectivity index (χ3v) is 4.36. The number of carbonyl (C=O) groups excluding carboxylic acids is 3. The Labute approximate surface area is 155 Å². The first-order valence-corrected chi connectivity index (χ1v) is 8.59. The van der Waals surface area contributed by atoms with Gasteiger partial charge in [-0.05, 0) is 24.3 Å². The number of nitrogens with one attached hydrogen (secondary N) is 1. The van der Waals surface area contributed by atoms with E-state index in [9.17, 15) is 14.4 Å². The molecule has 3 amide bonds. The molecule has 2 aromatic carbocycles. The van der Waals surface area contributed by atoms with Crippen molar-refractivity contribution in [2.45, 2.75) is 19.8 Å². The average molecular weight is 363 g/mol. The Bertz CT molecular complexity index is 1050. The summed E-state index contributed by atoms with van der Waals surface area (Å²) >= 11 is 0. The highest BCUT2D eigenvalue weighted by molar-refractivity contribution is 6.22. The number of oxazole rings is 1. The predicted molar refractivity (Wildman–Crippen MR) is 98.5 cm³/mol. The van der Waals surface area contributed by atoms with Gasteiger partial charge in [0.15, 0.2) is 11.5 Å². The average Bonchev–Trinajstić information content (AvgIpc) is 3.17. The van der Waals surface area contributed by atoms with Crippen molar-refractivity contribution in [3.05, 3.63) is 59.5 Å². The van der Waals surface area contributed by atoms with Crippen LogP contribution in [-0.4, -0.2) is 34.2 Å². The van der Waals surface area contributed by atoms with E-state index in [-0.39, 0.29) is 12.5 Å². The van der Waals surface area contributed by atoms with Crippen LogP contribution in [0.5, 0.6) is 0 Å². The van der Waals surface area contributed by atoms with Crippen LogP contribution < -0.4 is 5.32 Å². The molecule has 0 saturated carbocycles. The first kappa shape index (κ1) is 17.0. The second-order valence-corrected chi connectivity index (χ2v) is 6.68. The van der Waals surface area contributed by atoms with Gasteiger partial charge in [-0.15, -0.1) is 0 Å². The van der Waals surface area contributed by atoms with Crippen LogP contribution in [-0.2, 0) is 4.79 Å². The summed E-state index contributed by atoms with van der Waals surface area (Å²) in [5, 5.41) is 2.69. The normalized spacial score (nSPS) is 13.5. The number of hydrogen-bond donors (Lipinski definition) is 1. The van der Waals surface area contributed by atoms with E-state index in [4.69, 9.17) is 4.42 Å². The van der Waals surface area contributed by atoms with Crippen molar-refractivity contribution in [3.8, 4) is 0 Å². The van der Waals surface area contributed by atoms with Gasteiger partial charge in [-0.1, -0.05) is 26.0 Å². The zero-order valence-corrected chi connectivity index (χ0v) is 14.9. The van der Waals surface area contributed by atoms with Crippen molar-refractivity contribution in [1.29, 1.82) is 0 Å². The lowest BCUT2D eigenvalue weighted by molar-refractivity contribution is -0.116. The maximum Gasteiger partial charge on any atom is 0.262 e. The van der Waals surface area contributed by atoms with Gasteiger partial charge in [-0.25, -0.2) is 4.98 Å². The van der Waals surface area contributed by atoms with Crippen molar-refractivity contribution >= 4 is 34.5 Å². The third kappa shape index (κ3) is 2.97. The predicted octanol–water partition coefficient (Wildman–Crippen LogP) is 3.19. The maximum atomic E-state index is 12.4. The van der Waals surface area contributed by atoms with Gasteiger partial charge in [0.25, 0.3) is 11.8 Å². The van der Waals surface area contributed by atoms with Gasteiger partial charge in [0, 0.05) is 17.7 Å². The first-order valence-electron chi connectivity index (χ1n) is 8.59. The standard InChI is InChI=1S/C20H17N3O4/c1-11(2)18-22-15-8-7-12(9-16(15)27-18)21-17(24)10-23-19(25)13-5-3-4-6-14(13)20(23)26/h3-9,11H,10H2,1-2H3,(H,21,24). The molecule has 4 rings (SSSR count). The van der Waals surface area contributed by atoms with Crippen LogP contribution in [0.25, 0.3) is 11.1 Å². The second kappa shape index (κ2) is 6.35. The number of benzene rings is 2. The van der Waals surface area contributed by atoms with Crippen LogP contribution in [0.3, 0.4) is 0 Å². The Hall–Kier alpha value is -3.48. The van der Waals surface area contributed by atoms with E-state index in [2.05, 4.69) is 10.3 Å². The number of carbonyl (C=O) groups is 3. The summed E-state index contributed by atoms with van der Waals surface area (Å²) in [5.74, 6) is -0.604. The molecule has 0 atom stereocenters. The van der Waals surface area contributed by atoms with Crippen molar-refractivity contribution in [2.75, 3.05) is 11.9 Å². The molecule has 136 valence electrons. The quantitative estimate of drug-likeness (QED) is 0.719. The van der Waals surface area contributed by atoms with Crippen LogP contribution in [0.4, 0.5) is 5.69 Å². The molecule has 0 unspecified atom stereocenters. The zero-order chi connectivity index (χ0) is 19.1. The molecule has 0 spiro atoms. The molecule has 1 aliphatic heterocycles. The minimum absolute atomic E-state index is 0.157. The van der Waals surface area contributed by atoms with Crippen molar-refractivity contribution < 1.29 is 18.8 Å². The number of rotatable bonds is 4. The molecule has 0 saturated heterocycles. The Balaban J connectivity index is 1.49. The van der Waals surface area contributed by atoms with E-state index in [0.717, 1.165) is 4.90 Å². The minimum Gasteiger partial charge on any atom is -0.440 e. The summed E-state index contributed by atoms with van der Waals surface area (Å²) in [4.78, 5) is 42.4. The molecular weight excluding hydrogens is 346 g/mol. The van der Waals surface area contributed by atoms with Crippen molar-refractivity contribution in [1.82, 2.24) is 9.88 Å². The van der Waals surface area contributed by atoms with Gasteiger partial charge in [0.2, 0.25) is 5.91 Å². The number of nitrogens with zero attached hydrogens (tertiary/aromatic N) is 2. The lowest BCUT2D eigenvalue weighted by Gasteiger charge is -2.13. The van der Waals surface area contributed by atoms with Gasteiger partial charge in [-0.3, -0.25) is 19.3 Å². The summed E-state index contributed by atoms with van der Waals surface area (Å²) in [7, 11) is 0. The van der Waals surface area contributed by atoms with Crippen molar-refractivity contribution in [3.63, 3.8) is 0 Å². The molecule has 1 aromatic heterocycles. The molecule has 0 aliphatic carbocycles. The monoisotopic (exact) mass is 363 g/mol. The van der Waals surface area contributed by atoms with Gasteiger partial charge >= 0.3 is 0 Å². The van der Waals surface area contributed by atoms with Gasteiger partial charge < -0.3 is 9.73 Å². The van der Waals surface area contributed by atoms with E-state index in [0.29, 0.717) is 33.8 Å². The molecule has 0 bridgehead atoms. The van der Waals surface area contributed by atoms with E-state index in [1.165, 1.54) is 0 Å². The molecule has 7 nitrogen and oxygen atoms in total. The Morgan fingerprint density at radius 1 is 1.11 bits per heavy atom. The van der Waals surface area contributed by atoms with Crippen LogP contribution in [0, 0.1) is 0 Å². The largest absolute Gasteiger partial charge is 0.440 e. The molecule has 1 N–H and O–H groups in total. The van der Waals surface area contributed by atoms with Crippen LogP contribution in [0.1, 0.15) is 46.4 Å². The summed E-state index contributed by atoms with van der Waals surface area (Å²) in [6.07, 6.45) is 0. The lowest BCUT2D eigenvalue weighted by atomic mass is 10.1. The van der Waals surface area contributed by atoms with E-state index >= 15 is 0 Å². The van der Waals surface area contributed by atoms with E-state index < -0.39 is 17.7 Å². The Morgan fingerprint density at radius 3 is 2.41 bits per heavy atom. The number of amides is 3. The molecular formula is C20H17N3O4. The summed E-state index contributed by atoms with van der Waals surface area (Å²) in [6.45, 7) is 3.61. The summed E-state index contributed by atoms with van der Waals surface area (Å²) in [5.41, 5.74) is 2.42. The minimum atomic E-state index is -0.465. The highest BCUT2D eigenvalue weighted by Gasteiger charge is 2.36. The van der Waals surface area contributed by atoms with Crippen LogP contribution in [0.15, 0.2) is 46.9 Å². The number of anilines is 1. The summed E-state index contributed by atoms with van der Waals surface area (Å²) < 4.78 is 5.68.